The van der Waals surface area contributed by atoms with Gasteiger partial charge in [-0.2, -0.15) is 0 Å². The van der Waals surface area contributed by atoms with E-state index in [4.69, 9.17) is 18.9 Å². The first-order valence-corrected chi connectivity index (χ1v) is 14.3. The standard InChI is InChI=1S/C31H41NO6/c1-18(26(33)35-4)17-37-21-9-8-20-14-23-29-10-11-31(36-5,22(15-29)28(2,3)34)27-30(29,24(20)25(21)38-27)12-13-32(23)16-19-6-7-19/h8-9,19,22-23,27,34H,1,6-7,10-17H2,2-5H3/t22?,23-,27-,29-,30+,31-/m1/s1. The summed E-state index contributed by atoms with van der Waals surface area (Å²) in [5, 5.41) is 11.6. The molecule has 1 aromatic carbocycles. The maximum Gasteiger partial charge on any atom is 0.336 e. The lowest BCUT2D eigenvalue weighted by Crippen LogP contribution is -2.82. The van der Waals surface area contributed by atoms with Gasteiger partial charge >= 0.3 is 5.97 Å². The van der Waals surface area contributed by atoms with E-state index in [1.54, 1.807) is 7.11 Å². The van der Waals surface area contributed by atoms with E-state index in [0.717, 1.165) is 50.3 Å². The number of hydrogen-bond acceptors (Lipinski definition) is 7. The van der Waals surface area contributed by atoms with Gasteiger partial charge in [0.2, 0.25) is 0 Å². The van der Waals surface area contributed by atoms with Gasteiger partial charge in [-0.1, -0.05) is 12.6 Å². The number of benzene rings is 1. The number of aliphatic hydroxyl groups is 1. The topological polar surface area (TPSA) is 77.5 Å². The number of methoxy groups -OCH3 is 2. The van der Waals surface area contributed by atoms with E-state index >= 15 is 0 Å². The molecule has 5 fully saturated rings. The minimum atomic E-state index is -0.892. The summed E-state index contributed by atoms with van der Waals surface area (Å²) in [7, 11) is 3.16. The zero-order valence-electron chi connectivity index (χ0n) is 23.2. The predicted molar refractivity (Wildman–Crippen MR) is 141 cm³/mol. The molecule has 7 nitrogen and oxygen atoms in total. The average Bonchev–Trinajstić information content (AvgIpc) is 3.64. The summed E-state index contributed by atoms with van der Waals surface area (Å²) in [5.41, 5.74) is 1.31. The number of carbonyl (C=O) groups excluding carboxylic acids is 1. The smallest absolute Gasteiger partial charge is 0.336 e. The molecule has 1 saturated heterocycles. The molecule has 7 heteroatoms. The summed E-state index contributed by atoms with van der Waals surface area (Å²) in [6.45, 7) is 10.0. The molecule has 7 aliphatic rings. The third kappa shape index (κ3) is 2.99. The van der Waals surface area contributed by atoms with Crippen molar-refractivity contribution in [1.29, 1.82) is 0 Å². The van der Waals surface area contributed by atoms with Crippen LogP contribution in [-0.2, 0) is 26.1 Å². The van der Waals surface area contributed by atoms with Crippen molar-refractivity contribution >= 4 is 5.97 Å². The summed E-state index contributed by atoms with van der Waals surface area (Å²) in [6.07, 6.45) is 7.46. The highest BCUT2D eigenvalue weighted by molar-refractivity contribution is 5.87. The summed E-state index contributed by atoms with van der Waals surface area (Å²) in [6, 6.07) is 4.66. The second-order valence-corrected chi connectivity index (χ2v) is 13.4. The molecule has 5 aliphatic carbocycles. The van der Waals surface area contributed by atoms with Gasteiger partial charge in [0.25, 0.3) is 0 Å². The number of nitrogens with zero attached hydrogens (tertiary/aromatic N) is 1. The van der Waals surface area contributed by atoms with Gasteiger partial charge in [0, 0.05) is 42.0 Å². The monoisotopic (exact) mass is 523 g/mol. The number of carbonyl (C=O) groups is 1. The first-order valence-electron chi connectivity index (χ1n) is 14.3. The van der Waals surface area contributed by atoms with Crippen molar-refractivity contribution in [3.8, 4) is 11.5 Å². The average molecular weight is 524 g/mol. The Morgan fingerprint density at radius 1 is 1.24 bits per heavy atom. The van der Waals surface area contributed by atoms with Crippen LogP contribution in [0.5, 0.6) is 11.5 Å². The Kier molecular flexibility index (Phi) is 5.23. The fourth-order valence-electron chi connectivity index (χ4n) is 9.70. The second-order valence-electron chi connectivity index (χ2n) is 13.4. The third-order valence-corrected chi connectivity index (χ3v) is 11.4. The molecule has 8 rings (SSSR count). The summed E-state index contributed by atoms with van der Waals surface area (Å²) < 4.78 is 24.6. The number of rotatable bonds is 8. The Morgan fingerprint density at radius 2 is 2.03 bits per heavy atom. The summed E-state index contributed by atoms with van der Waals surface area (Å²) in [4.78, 5) is 14.8. The van der Waals surface area contributed by atoms with Crippen molar-refractivity contribution in [2.45, 2.75) is 87.6 Å². The molecule has 4 bridgehead atoms. The number of piperidine rings is 1. The van der Waals surface area contributed by atoms with E-state index in [1.807, 2.05) is 19.9 Å². The predicted octanol–water partition coefficient (Wildman–Crippen LogP) is 3.79. The lowest BCUT2D eigenvalue weighted by Gasteiger charge is -2.75. The minimum Gasteiger partial charge on any atom is -0.485 e. The highest BCUT2D eigenvalue weighted by Crippen LogP contribution is 2.77. The van der Waals surface area contributed by atoms with Crippen LogP contribution in [0.3, 0.4) is 0 Å². The molecule has 38 heavy (non-hydrogen) atoms. The largest absolute Gasteiger partial charge is 0.485 e. The van der Waals surface area contributed by atoms with Crippen LogP contribution in [0.15, 0.2) is 24.3 Å². The molecule has 1 aromatic rings. The van der Waals surface area contributed by atoms with Gasteiger partial charge in [-0.25, -0.2) is 4.79 Å². The van der Waals surface area contributed by atoms with E-state index in [9.17, 15) is 9.90 Å². The Balaban J connectivity index is 1.38. The molecule has 4 saturated carbocycles. The van der Waals surface area contributed by atoms with Gasteiger partial charge in [-0.15, -0.1) is 0 Å². The van der Waals surface area contributed by atoms with Gasteiger partial charge in [0.1, 0.15) is 18.3 Å². The normalized spacial score (nSPS) is 38.4. The molecule has 206 valence electrons. The molecule has 1 N–H and O–H groups in total. The number of hydrogen-bond donors (Lipinski definition) is 1. The van der Waals surface area contributed by atoms with Crippen LogP contribution in [0.2, 0.25) is 0 Å². The van der Waals surface area contributed by atoms with Gasteiger partial charge in [-0.3, -0.25) is 4.90 Å². The molecule has 0 aromatic heterocycles. The number of fused-ring (bicyclic) bond motifs is 2. The van der Waals surface area contributed by atoms with Crippen LogP contribution in [-0.4, -0.2) is 73.2 Å². The van der Waals surface area contributed by atoms with Gasteiger partial charge in [-0.05, 0) is 82.9 Å². The highest BCUT2D eigenvalue weighted by Gasteiger charge is 2.81. The molecule has 2 spiro atoms. The summed E-state index contributed by atoms with van der Waals surface area (Å²) >= 11 is 0. The second kappa shape index (κ2) is 7.98. The van der Waals surface area contributed by atoms with Crippen molar-refractivity contribution in [1.82, 2.24) is 4.90 Å². The van der Waals surface area contributed by atoms with Crippen LogP contribution in [0.1, 0.15) is 63.5 Å². The van der Waals surface area contributed by atoms with Crippen molar-refractivity contribution in [3.05, 3.63) is 35.4 Å². The third-order valence-electron chi connectivity index (χ3n) is 11.4. The Labute approximate surface area is 225 Å². The molecular weight excluding hydrogens is 482 g/mol. The zero-order chi connectivity index (χ0) is 26.7. The molecule has 6 atom stereocenters. The minimum absolute atomic E-state index is 0.0161. The maximum absolute atomic E-state index is 12.0. The Morgan fingerprint density at radius 3 is 2.71 bits per heavy atom. The van der Waals surface area contributed by atoms with Crippen molar-refractivity contribution in [2.24, 2.45) is 17.3 Å². The van der Waals surface area contributed by atoms with Crippen LogP contribution in [0.25, 0.3) is 0 Å². The highest BCUT2D eigenvalue weighted by atomic mass is 16.6. The van der Waals surface area contributed by atoms with Crippen LogP contribution < -0.4 is 9.47 Å². The lowest BCUT2D eigenvalue weighted by molar-refractivity contribution is -0.300. The first kappa shape index (κ1) is 24.9. The van der Waals surface area contributed by atoms with E-state index in [2.05, 4.69) is 17.5 Å². The molecule has 0 amide bonds. The Bertz CT molecular complexity index is 1200. The lowest BCUT2D eigenvalue weighted by atomic mass is 9.34. The van der Waals surface area contributed by atoms with E-state index in [-0.39, 0.29) is 35.0 Å². The van der Waals surface area contributed by atoms with Crippen LogP contribution >= 0.6 is 0 Å². The first-order chi connectivity index (χ1) is 18.1. The maximum atomic E-state index is 12.0. The number of esters is 1. The van der Waals surface area contributed by atoms with Gasteiger partial charge < -0.3 is 24.1 Å². The molecule has 2 heterocycles. The fraction of sp³-hybridized carbons (Fsp3) is 0.710. The molecule has 1 unspecified atom stereocenters. The Hall–Kier alpha value is -2.09. The molecule has 2 aliphatic heterocycles. The number of likely N-dealkylation sites (tertiary alicyclic amines) is 1. The van der Waals surface area contributed by atoms with Crippen molar-refractivity contribution < 1.29 is 28.8 Å². The van der Waals surface area contributed by atoms with Gasteiger partial charge in [0.15, 0.2) is 11.5 Å². The van der Waals surface area contributed by atoms with E-state index in [0.29, 0.717) is 11.8 Å². The molecule has 0 radical (unpaired) electrons. The molecular formula is C31H41NO6. The van der Waals surface area contributed by atoms with Crippen LogP contribution in [0, 0.1) is 17.3 Å². The summed E-state index contributed by atoms with van der Waals surface area (Å²) in [5.74, 6) is 1.79. The number of ether oxygens (including phenoxy) is 4. The van der Waals surface area contributed by atoms with E-state index < -0.39 is 17.2 Å². The van der Waals surface area contributed by atoms with Crippen molar-refractivity contribution in [3.63, 3.8) is 0 Å². The van der Waals surface area contributed by atoms with E-state index in [1.165, 1.54) is 37.6 Å². The quantitative estimate of drug-likeness (QED) is 0.410. The van der Waals surface area contributed by atoms with Crippen LogP contribution in [0.4, 0.5) is 0 Å². The zero-order valence-corrected chi connectivity index (χ0v) is 23.2. The SMILES string of the molecule is C=C(COc1ccc2c3c1O[C@@H]1[C@]34CCN(CC3CC3)[C@H](C2)[C@]42CC[C@@]1(OC)C(C(C)(C)O)C2)C(=O)OC. The van der Waals surface area contributed by atoms with Crippen molar-refractivity contribution in [2.75, 3.05) is 33.9 Å². The van der Waals surface area contributed by atoms with Gasteiger partial charge in [0.05, 0.1) is 18.3 Å². The fourth-order valence-corrected chi connectivity index (χ4v) is 9.70.